The van der Waals surface area contributed by atoms with E-state index in [-0.39, 0.29) is 6.10 Å². The number of aliphatic hydroxyl groups excluding tert-OH is 1. The Labute approximate surface area is 116 Å². The number of anilines is 1. The van der Waals surface area contributed by atoms with Gasteiger partial charge in [0.15, 0.2) is 0 Å². The van der Waals surface area contributed by atoms with Gasteiger partial charge in [0.1, 0.15) is 0 Å². The van der Waals surface area contributed by atoms with Crippen molar-refractivity contribution < 1.29 is 9.84 Å². The number of para-hydroxylation sites is 1. The second kappa shape index (κ2) is 6.92. The van der Waals surface area contributed by atoms with Crippen LogP contribution in [0.3, 0.4) is 0 Å². The molecule has 1 atom stereocenters. The molecule has 0 spiro atoms. The van der Waals surface area contributed by atoms with Crippen LogP contribution in [0.5, 0.6) is 0 Å². The molecule has 2 rings (SSSR count). The van der Waals surface area contributed by atoms with Crippen LogP contribution in [0.15, 0.2) is 24.3 Å². The van der Waals surface area contributed by atoms with Crippen molar-refractivity contribution in [2.75, 3.05) is 24.6 Å². The molecule has 0 amide bonds. The maximum absolute atomic E-state index is 10.1. The number of ether oxygens (including phenoxy) is 1. The molecule has 0 fully saturated rings. The third kappa shape index (κ3) is 4.22. The molecule has 3 heteroatoms. The zero-order valence-corrected chi connectivity index (χ0v) is 12.0. The Bertz CT molecular complexity index is 392. The Balaban J connectivity index is 1.99. The largest absolute Gasteiger partial charge is 0.389 e. The molecule has 0 aliphatic carbocycles. The van der Waals surface area contributed by atoms with Gasteiger partial charge in [-0.25, -0.2) is 0 Å². The highest BCUT2D eigenvalue weighted by Crippen LogP contribution is 2.26. The second-order valence-electron chi connectivity index (χ2n) is 5.57. The Morgan fingerprint density at radius 3 is 2.84 bits per heavy atom. The standard InChI is InChI=1S/C16H25NO2/c1-13(2)19-12-15(18)11-17-10-6-5-8-14-7-3-4-9-16(14)17/h3-4,7,9,13,15,18H,5-6,8,10-12H2,1-2H3. The normalized spacial score (nSPS) is 17.2. The first kappa shape index (κ1) is 14.4. The molecule has 3 nitrogen and oxygen atoms in total. The van der Waals surface area contributed by atoms with Crippen LogP contribution in [0, 0.1) is 0 Å². The number of fused-ring (bicyclic) bond motifs is 1. The van der Waals surface area contributed by atoms with Crippen LogP contribution < -0.4 is 4.90 Å². The van der Waals surface area contributed by atoms with Gasteiger partial charge in [0.25, 0.3) is 0 Å². The van der Waals surface area contributed by atoms with E-state index in [1.807, 2.05) is 13.8 Å². The lowest BCUT2D eigenvalue weighted by Gasteiger charge is -2.27. The van der Waals surface area contributed by atoms with Gasteiger partial charge in [0.05, 0.1) is 18.8 Å². The molecule has 1 aliphatic rings. The van der Waals surface area contributed by atoms with E-state index in [2.05, 4.69) is 29.2 Å². The van der Waals surface area contributed by atoms with Crippen molar-refractivity contribution in [1.82, 2.24) is 0 Å². The number of hydrogen-bond donors (Lipinski definition) is 1. The first-order valence-corrected chi connectivity index (χ1v) is 7.29. The van der Waals surface area contributed by atoms with Gasteiger partial charge in [-0.15, -0.1) is 0 Å². The van der Waals surface area contributed by atoms with Crippen LogP contribution >= 0.6 is 0 Å². The fourth-order valence-electron chi connectivity index (χ4n) is 2.57. The minimum Gasteiger partial charge on any atom is -0.389 e. The Hall–Kier alpha value is -1.06. The second-order valence-corrected chi connectivity index (χ2v) is 5.57. The number of rotatable bonds is 5. The molecule has 0 saturated heterocycles. The summed E-state index contributed by atoms with van der Waals surface area (Å²) in [6.45, 7) is 6.08. The molecule has 1 N–H and O–H groups in total. The minimum absolute atomic E-state index is 0.172. The lowest BCUT2D eigenvalue weighted by Crippen LogP contribution is -2.36. The number of nitrogens with zero attached hydrogens (tertiary/aromatic N) is 1. The number of benzene rings is 1. The monoisotopic (exact) mass is 263 g/mol. The molecular formula is C16H25NO2. The van der Waals surface area contributed by atoms with Crippen LogP contribution in [0.4, 0.5) is 5.69 Å². The van der Waals surface area contributed by atoms with E-state index >= 15 is 0 Å². The van der Waals surface area contributed by atoms with E-state index in [0.717, 1.165) is 13.0 Å². The summed E-state index contributed by atoms with van der Waals surface area (Å²) >= 11 is 0. The summed E-state index contributed by atoms with van der Waals surface area (Å²) in [5, 5.41) is 10.1. The summed E-state index contributed by atoms with van der Waals surface area (Å²) in [7, 11) is 0. The number of hydrogen-bond acceptors (Lipinski definition) is 3. The molecule has 19 heavy (non-hydrogen) atoms. The maximum atomic E-state index is 10.1. The van der Waals surface area contributed by atoms with Crippen LogP contribution in [0.25, 0.3) is 0 Å². The van der Waals surface area contributed by atoms with E-state index in [1.165, 1.54) is 24.1 Å². The van der Waals surface area contributed by atoms with Gasteiger partial charge in [0.2, 0.25) is 0 Å². The molecule has 0 saturated carbocycles. The molecule has 1 aliphatic heterocycles. The van der Waals surface area contributed by atoms with Gasteiger partial charge < -0.3 is 14.7 Å². The molecule has 0 bridgehead atoms. The number of β-amino-alcohol motifs (C(OH)–C–C–N with tert-alkyl or cyclic N) is 1. The molecular weight excluding hydrogens is 238 g/mol. The topological polar surface area (TPSA) is 32.7 Å². The average molecular weight is 263 g/mol. The summed E-state index contributed by atoms with van der Waals surface area (Å²) in [6, 6.07) is 8.54. The van der Waals surface area contributed by atoms with Gasteiger partial charge in [-0.3, -0.25) is 0 Å². The highest BCUT2D eigenvalue weighted by atomic mass is 16.5. The van der Waals surface area contributed by atoms with Crippen molar-refractivity contribution in [3.63, 3.8) is 0 Å². The maximum Gasteiger partial charge on any atom is 0.0948 e. The van der Waals surface area contributed by atoms with Gasteiger partial charge in [-0.2, -0.15) is 0 Å². The molecule has 1 heterocycles. The van der Waals surface area contributed by atoms with Crippen molar-refractivity contribution in [2.24, 2.45) is 0 Å². The highest BCUT2D eigenvalue weighted by molar-refractivity contribution is 5.54. The molecule has 0 radical (unpaired) electrons. The first-order valence-electron chi connectivity index (χ1n) is 7.29. The fraction of sp³-hybridized carbons (Fsp3) is 0.625. The third-order valence-corrected chi connectivity index (χ3v) is 3.51. The van der Waals surface area contributed by atoms with E-state index in [1.54, 1.807) is 0 Å². The summed E-state index contributed by atoms with van der Waals surface area (Å²) in [6.07, 6.45) is 3.31. The number of aliphatic hydroxyl groups is 1. The van der Waals surface area contributed by atoms with Crippen LogP contribution in [-0.2, 0) is 11.2 Å². The van der Waals surface area contributed by atoms with E-state index in [0.29, 0.717) is 13.2 Å². The Morgan fingerprint density at radius 1 is 1.26 bits per heavy atom. The van der Waals surface area contributed by atoms with E-state index in [4.69, 9.17) is 4.74 Å². The summed E-state index contributed by atoms with van der Waals surface area (Å²) in [5.74, 6) is 0. The summed E-state index contributed by atoms with van der Waals surface area (Å²) < 4.78 is 5.49. The zero-order chi connectivity index (χ0) is 13.7. The number of aryl methyl sites for hydroxylation is 1. The molecule has 1 aromatic rings. The molecule has 106 valence electrons. The summed E-state index contributed by atoms with van der Waals surface area (Å²) in [5.41, 5.74) is 2.68. The lowest BCUT2D eigenvalue weighted by molar-refractivity contribution is 0.00890. The lowest BCUT2D eigenvalue weighted by atomic mass is 10.1. The smallest absolute Gasteiger partial charge is 0.0948 e. The van der Waals surface area contributed by atoms with Crippen molar-refractivity contribution >= 4 is 5.69 Å². The highest BCUT2D eigenvalue weighted by Gasteiger charge is 2.18. The van der Waals surface area contributed by atoms with E-state index in [9.17, 15) is 5.11 Å². The van der Waals surface area contributed by atoms with Crippen LogP contribution in [-0.4, -0.2) is 37.0 Å². The SMILES string of the molecule is CC(C)OCC(O)CN1CCCCc2ccccc21. The quantitative estimate of drug-likeness (QED) is 0.886. The van der Waals surface area contributed by atoms with E-state index < -0.39 is 6.10 Å². The van der Waals surface area contributed by atoms with Crippen molar-refractivity contribution in [1.29, 1.82) is 0 Å². The summed E-state index contributed by atoms with van der Waals surface area (Å²) in [4.78, 5) is 2.30. The van der Waals surface area contributed by atoms with Gasteiger partial charge in [0, 0.05) is 18.8 Å². The minimum atomic E-state index is -0.423. The van der Waals surface area contributed by atoms with Gasteiger partial charge in [-0.05, 0) is 44.7 Å². The fourth-order valence-corrected chi connectivity index (χ4v) is 2.57. The van der Waals surface area contributed by atoms with Crippen LogP contribution in [0.2, 0.25) is 0 Å². The van der Waals surface area contributed by atoms with Crippen molar-refractivity contribution in [3.05, 3.63) is 29.8 Å². The third-order valence-electron chi connectivity index (χ3n) is 3.51. The van der Waals surface area contributed by atoms with Gasteiger partial charge >= 0.3 is 0 Å². The predicted molar refractivity (Wildman–Crippen MR) is 78.7 cm³/mol. The van der Waals surface area contributed by atoms with Gasteiger partial charge in [-0.1, -0.05) is 18.2 Å². The average Bonchev–Trinajstić information content (AvgIpc) is 2.59. The first-order chi connectivity index (χ1) is 9.16. The Morgan fingerprint density at radius 2 is 2.05 bits per heavy atom. The predicted octanol–water partition coefficient (Wildman–Crippen LogP) is 2.62. The zero-order valence-electron chi connectivity index (χ0n) is 12.0. The van der Waals surface area contributed by atoms with Crippen molar-refractivity contribution in [3.8, 4) is 0 Å². The van der Waals surface area contributed by atoms with Crippen molar-refractivity contribution in [2.45, 2.75) is 45.3 Å². The van der Waals surface area contributed by atoms with Crippen LogP contribution in [0.1, 0.15) is 32.3 Å². The molecule has 0 aromatic heterocycles. The Kier molecular flexibility index (Phi) is 5.23. The molecule has 1 aromatic carbocycles. The molecule has 1 unspecified atom stereocenters.